The molecule has 124 valence electrons. The summed E-state index contributed by atoms with van der Waals surface area (Å²) in [5, 5.41) is 0. The zero-order valence-corrected chi connectivity index (χ0v) is 14.3. The summed E-state index contributed by atoms with van der Waals surface area (Å²) in [7, 11) is 0. The number of imidazole rings is 1. The van der Waals surface area contributed by atoms with Crippen LogP contribution in [0.15, 0.2) is 24.3 Å². The predicted molar refractivity (Wildman–Crippen MR) is 91.4 cm³/mol. The van der Waals surface area contributed by atoms with Crippen molar-refractivity contribution in [3.05, 3.63) is 30.1 Å². The number of carbonyl (C=O) groups is 2. The zero-order chi connectivity index (χ0) is 17.0. The van der Waals surface area contributed by atoms with Crippen molar-refractivity contribution in [2.24, 2.45) is 11.8 Å². The molecular formula is C18H25N3O2. The van der Waals surface area contributed by atoms with Crippen LogP contribution >= 0.6 is 0 Å². The Bertz CT molecular complexity index is 679. The normalized spacial score (nSPS) is 11.4. The van der Waals surface area contributed by atoms with Crippen LogP contribution in [0.3, 0.4) is 0 Å². The van der Waals surface area contributed by atoms with Crippen molar-refractivity contribution in [2.45, 2.75) is 34.2 Å². The fourth-order valence-electron chi connectivity index (χ4n) is 2.75. The van der Waals surface area contributed by atoms with Gasteiger partial charge in [-0.2, -0.15) is 0 Å². The summed E-state index contributed by atoms with van der Waals surface area (Å²) in [6.45, 7) is 10.00. The Morgan fingerprint density at radius 1 is 1.17 bits per heavy atom. The molecule has 0 aliphatic rings. The van der Waals surface area contributed by atoms with Crippen LogP contribution in [0.2, 0.25) is 0 Å². The highest BCUT2D eigenvalue weighted by Crippen LogP contribution is 2.16. The Hall–Kier alpha value is -2.17. The van der Waals surface area contributed by atoms with Gasteiger partial charge < -0.3 is 9.47 Å². The Balaban J connectivity index is 2.28. The topological polar surface area (TPSA) is 55.2 Å². The number of nitrogens with zero attached hydrogens (tertiary/aromatic N) is 3. The van der Waals surface area contributed by atoms with E-state index in [-0.39, 0.29) is 12.5 Å². The Morgan fingerprint density at radius 3 is 2.35 bits per heavy atom. The maximum atomic E-state index is 12.8. The van der Waals surface area contributed by atoms with Crippen molar-refractivity contribution in [1.82, 2.24) is 14.5 Å². The fourth-order valence-corrected chi connectivity index (χ4v) is 2.75. The standard InChI is InChI=1S/C18H25N3O2/c1-13(2)9-20(10-14(3)4)18(23)11-21-16-8-6-5-7-15(16)19-17(21)12-22/h5-8,12-14H,9-11H2,1-4H3. The van der Waals surface area contributed by atoms with E-state index in [1.165, 1.54) is 0 Å². The summed E-state index contributed by atoms with van der Waals surface area (Å²) >= 11 is 0. The highest BCUT2D eigenvalue weighted by molar-refractivity contribution is 5.86. The lowest BCUT2D eigenvalue weighted by molar-refractivity contribution is -0.132. The number of aromatic nitrogens is 2. The van der Waals surface area contributed by atoms with Crippen molar-refractivity contribution in [2.75, 3.05) is 13.1 Å². The molecular weight excluding hydrogens is 290 g/mol. The number of rotatable bonds is 7. The lowest BCUT2D eigenvalue weighted by Crippen LogP contribution is -2.39. The van der Waals surface area contributed by atoms with Gasteiger partial charge in [0, 0.05) is 13.1 Å². The molecule has 0 unspecified atom stereocenters. The van der Waals surface area contributed by atoms with E-state index in [9.17, 15) is 9.59 Å². The first-order chi connectivity index (χ1) is 10.9. The van der Waals surface area contributed by atoms with E-state index in [1.807, 2.05) is 29.2 Å². The van der Waals surface area contributed by atoms with Crippen molar-refractivity contribution in [3.8, 4) is 0 Å². The monoisotopic (exact) mass is 315 g/mol. The number of hydrogen-bond acceptors (Lipinski definition) is 3. The molecule has 1 amide bonds. The number of amides is 1. The molecule has 23 heavy (non-hydrogen) atoms. The quantitative estimate of drug-likeness (QED) is 0.738. The second-order valence-electron chi connectivity index (χ2n) is 6.75. The molecule has 0 aliphatic carbocycles. The minimum absolute atomic E-state index is 0.0265. The summed E-state index contributed by atoms with van der Waals surface area (Å²) in [5.74, 6) is 1.14. The van der Waals surface area contributed by atoms with Crippen LogP contribution in [0.1, 0.15) is 38.3 Å². The van der Waals surface area contributed by atoms with Crippen LogP contribution < -0.4 is 0 Å². The number of para-hydroxylation sites is 2. The van der Waals surface area contributed by atoms with Gasteiger partial charge in [-0.15, -0.1) is 0 Å². The van der Waals surface area contributed by atoms with Gasteiger partial charge in [-0.25, -0.2) is 4.98 Å². The molecule has 2 rings (SSSR count). The minimum Gasteiger partial charge on any atom is -0.341 e. The first-order valence-electron chi connectivity index (χ1n) is 8.10. The number of hydrogen-bond donors (Lipinski definition) is 0. The van der Waals surface area contributed by atoms with Crippen molar-refractivity contribution in [1.29, 1.82) is 0 Å². The van der Waals surface area contributed by atoms with Gasteiger partial charge in [0.05, 0.1) is 11.0 Å². The summed E-state index contributed by atoms with van der Waals surface area (Å²) < 4.78 is 1.71. The first-order valence-corrected chi connectivity index (χ1v) is 8.10. The number of carbonyl (C=O) groups excluding carboxylic acids is 2. The van der Waals surface area contributed by atoms with Crippen molar-refractivity contribution in [3.63, 3.8) is 0 Å². The number of fused-ring (bicyclic) bond motifs is 1. The molecule has 2 aromatic rings. The van der Waals surface area contributed by atoms with E-state index >= 15 is 0 Å². The third-order valence-electron chi connectivity index (χ3n) is 3.61. The van der Waals surface area contributed by atoms with E-state index in [0.29, 0.717) is 23.9 Å². The maximum absolute atomic E-state index is 12.8. The van der Waals surface area contributed by atoms with Gasteiger partial charge in [0.15, 0.2) is 12.1 Å². The van der Waals surface area contributed by atoms with Crippen LogP contribution in [-0.4, -0.2) is 39.7 Å². The molecule has 1 aromatic heterocycles. The van der Waals surface area contributed by atoms with E-state index in [4.69, 9.17) is 0 Å². The van der Waals surface area contributed by atoms with Gasteiger partial charge in [-0.3, -0.25) is 9.59 Å². The van der Waals surface area contributed by atoms with Gasteiger partial charge in [0.25, 0.3) is 0 Å². The van der Waals surface area contributed by atoms with Gasteiger partial charge >= 0.3 is 0 Å². The van der Waals surface area contributed by atoms with E-state index in [0.717, 1.165) is 24.1 Å². The summed E-state index contributed by atoms with van der Waals surface area (Å²) in [6.07, 6.45) is 0.711. The summed E-state index contributed by atoms with van der Waals surface area (Å²) in [5.41, 5.74) is 1.55. The van der Waals surface area contributed by atoms with Crippen LogP contribution in [0.25, 0.3) is 11.0 Å². The second kappa shape index (κ2) is 7.40. The molecule has 0 N–H and O–H groups in total. The van der Waals surface area contributed by atoms with Gasteiger partial charge in [0.2, 0.25) is 5.91 Å². The first kappa shape index (κ1) is 17.2. The average molecular weight is 315 g/mol. The summed E-state index contributed by atoms with van der Waals surface area (Å²) in [4.78, 5) is 30.2. The van der Waals surface area contributed by atoms with E-state index < -0.39 is 0 Å². The molecule has 0 aliphatic heterocycles. The van der Waals surface area contributed by atoms with Crippen LogP contribution in [-0.2, 0) is 11.3 Å². The molecule has 5 heteroatoms. The second-order valence-corrected chi connectivity index (χ2v) is 6.75. The van der Waals surface area contributed by atoms with Crippen LogP contribution in [0.5, 0.6) is 0 Å². The van der Waals surface area contributed by atoms with Crippen molar-refractivity contribution < 1.29 is 9.59 Å². The Labute approximate surface area is 137 Å². The van der Waals surface area contributed by atoms with Gasteiger partial charge in [0.1, 0.15) is 6.54 Å². The molecule has 0 atom stereocenters. The minimum atomic E-state index is 0.0265. The lowest BCUT2D eigenvalue weighted by Gasteiger charge is -2.26. The third-order valence-corrected chi connectivity index (χ3v) is 3.61. The highest BCUT2D eigenvalue weighted by Gasteiger charge is 2.19. The Morgan fingerprint density at radius 2 is 1.78 bits per heavy atom. The lowest BCUT2D eigenvalue weighted by atomic mass is 10.1. The fraction of sp³-hybridized carbons (Fsp3) is 0.500. The molecule has 5 nitrogen and oxygen atoms in total. The maximum Gasteiger partial charge on any atom is 0.242 e. The zero-order valence-electron chi connectivity index (χ0n) is 14.3. The van der Waals surface area contributed by atoms with E-state index in [2.05, 4.69) is 32.7 Å². The highest BCUT2D eigenvalue weighted by atomic mass is 16.2. The third kappa shape index (κ3) is 4.18. The molecule has 0 spiro atoms. The molecule has 0 bridgehead atoms. The molecule has 1 aromatic carbocycles. The molecule has 1 heterocycles. The Kier molecular flexibility index (Phi) is 5.53. The van der Waals surface area contributed by atoms with E-state index in [1.54, 1.807) is 4.57 Å². The SMILES string of the molecule is CC(C)CN(CC(C)C)C(=O)Cn1c(C=O)nc2ccccc21. The molecule has 0 saturated carbocycles. The molecule has 0 radical (unpaired) electrons. The van der Waals surface area contributed by atoms with Crippen molar-refractivity contribution >= 4 is 23.2 Å². The predicted octanol–water partition coefficient (Wildman–Crippen LogP) is 2.99. The number of aldehydes is 1. The molecule has 0 saturated heterocycles. The van der Waals surface area contributed by atoms with Crippen LogP contribution in [0, 0.1) is 11.8 Å². The van der Waals surface area contributed by atoms with Gasteiger partial charge in [-0.1, -0.05) is 39.8 Å². The summed E-state index contributed by atoms with van der Waals surface area (Å²) in [6, 6.07) is 7.50. The number of benzene rings is 1. The smallest absolute Gasteiger partial charge is 0.242 e. The molecule has 0 fully saturated rings. The largest absolute Gasteiger partial charge is 0.341 e. The average Bonchev–Trinajstić information content (AvgIpc) is 2.83. The van der Waals surface area contributed by atoms with Gasteiger partial charge in [-0.05, 0) is 24.0 Å². The van der Waals surface area contributed by atoms with Crippen LogP contribution in [0.4, 0.5) is 0 Å².